The maximum atomic E-state index is 6.87. The van der Waals surface area contributed by atoms with Crippen LogP contribution in [-0.4, -0.2) is 15.0 Å². The first-order valence-electron chi connectivity index (χ1n) is 17.0. The number of para-hydroxylation sites is 1. The molecule has 2 aromatic heterocycles. The van der Waals surface area contributed by atoms with Crippen molar-refractivity contribution in [3.8, 4) is 56.4 Å². The molecule has 49 heavy (non-hydrogen) atoms. The Morgan fingerprint density at radius 1 is 0.469 bits per heavy atom. The van der Waals surface area contributed by atoms with Crippen LogP contribution in [0.1, 0.15) is 49.9 Å². The van der Waals surface area contributed by atoms with Gasteiger partial charge in [0.15, 0.2) is 17.5 Å². The average molecular weight is 632 g/mol. The highest BCUT2D eigenvalue weighted by atomic mass is 16.3. The second kappa shape index (κ2) is 9.83. The minimum atomic E-state index is -0.311. The number of hydrogen-bond acceptors (Lipinski definition) is 4. The minimum absolute atomic E-state index is 0.186. The monoisotopic (exact) mass is 631 g/mol. The SMILES string of the molecule is CC1(C)c2cc(-c3nc(-c4ccccc4)nc(-c4ccccc4)n3)ccc2-c2c1c1c(c3c2oc2ccccc23)-c2ccccc2C1(C)C. The standard InChI is InChI=1S/C45H33N3O/c1-44(2)32-21-13-11-19-29(32)35-36-31-20-12-14-22-34(31)49-40(36)37-30-24-23-28(25-33(30)45(3,4)39(37)38(35)44)43-47-41(26-15-7-5-8-16-26)46-42(48-43)27-17-9-6-10-18-27/h5-25H,1-4H3. The van der Waals surface area contributed by atoms with Crippen molar-refractivity contribution < 1.29 is 4.42 Å². The topological polar surface area (TPSA) is 51.8 Å². The summed E-state index contributed by atoms with van der Waals surface area (Å²) in [4.78, 5) is 15.1. The van der Waals surface area contributed by atoms with E-state index in [0.29, 0.717) is 17.5 Å². The van der Waals surface area contributed by atoms with Gasteiger partial charge in [-0.05, 0) is 51.1 Å². The third kappa shape index (κ3) is 3.83. The summed E-state index contributed by atoms with van der Waals surface area (Å²) in [6, 6.07) is 44.5. The van der Waals surface area contributed by atoms with Crippen LogP contribution in [0.2, 0.25) is 0 Å². The molecule has 0 saturated heterocycles. The molecule has 234 valence electrons. The molecule has 2 aliphatic carbocycles. The number of hydrogen-bond donors (Lipinski definition) is 0. The summed E-state index contributed by atoms with van der Waals surface area (Å²) in [6.07, 6.45) is 0. The van der Waals surface area contributed by atoms with E-state index in [1.165, 1.54) is 55.3 Å². The van der Waals surface area contributed by atoms with Gasteiger partial charge in [-0.2, -0.15) is 0 Å². The van der Waals surface area contributed by atoms with Gasteiger partial charge in [0.05, 0.1) is 0 Å². The van der Waals surface area contributed by atoms with Crippen molar-refractivity contribution in [3.05, 3.63) is 150 Å². The van der Waals surface area contributed by atoms with Crippen molar-refractivity contribution in [1.82, 2.24) is 15.0 Å². The van der Waals surface area contributed by atoms with Crippen LogP contribution in [0.5, 0.6) is 0 Å². The molecular formula is C45H33N3O. The van der Waals surface area contributed by atoms with E-state index >= 15 is 0 Å². The van der Waals surface area contributed by atoms with Crippen molar-refractivity contribution in [2.45, 2.75) is 38.5 Å². The maximum absolute atomic E-state index is 6.87. The van der Waals surface area contributed by atoms with Crippen LogP contribution in [-0.2, 0) is 10.8 Å². The molecule has 0 bridgehead atoms. The van der Waals surface area contributed by atoms with Gasteiger partial charge in [-0.3, -0.25) is 0 Å². The fraction of sp³-hybridized carbons (Fsp3) is 0.133. The number of aromatic nitrogens is 3. The summed E-state index contributed by atoms with van der Waals surface area (Å²) in [6.45, 7) is 9.51. The quantitative estimate of drug-likeness (QED) is 0.195. The lowest BCUT2D eigenvalue weighted by Crippen LogP contribution is -2.24. The number of rotatable bonds is 3. The fourth-order valence-corrected chi connectivity index (χ4v) is 8.61. The Morgan fingerprint density at radius 2 is 1.00 bits per heavy atom. The van der Waals surface area contributed by atoms with E-state index in [-0.39, 0.29) is 10.8 Å². The molecule has 6 aromatic carbocycles. The first-order valence-corrected chi connectivity index (χ1v) is 17.0. The molecule has 4 nitrogen and oxygen atoms in total. The van der Waals surface area contributed by atoms with Crippen molar-refractivity contribution in [2.75, 3.05) is 0 Å². The zero-order valence-corrected chi connectivity index (χ0v) is 27.9. The lowest BCUT2D eigenvalue weighted by Gasteiger charge is -2.31. The van der Waals surface area contributed by atoms with E-state index in [1.54, 1.807) is 0 Å². The lowest BCUT2D eigenvalue weighted by atomic mass is 9.72. The predicted octanol–water partition coefficient (Wildman–Crippen LogP) is 11.4. The van der Waals surface area contributed by atoms with Crippen LogP contribution in [0.4, 0.5) is 0 Å². The normalized spacial score (nSPS) is 14.9. The van der Waals surface area contributed by atoms with E-state index in [4.69, 9.17) is 19.4 Å². The molecule has 0 fully saturated rings. The van der Waals surface area contributed by atoms with Crippen molar-refractivity contribution in [2.24, 2.45) is 0 Å². The second-order valence-corrected chi connectivity index (χ2v) is 14.4. The number of fused-ring (bicyclic) bond motifs is 12. The Hall–Kier alpha value is -5.87. The maximum Gasteiger partial charge on any atom is 0.164 e. The summed E-state index contributed by atoms with van der Waals surface area (Å²) in [5, 5.41) is 2.38. The van der Waals surface area contributed by atoms with Crippen molar-refractivity contribution >= 4 is 21.9 Å². The van der Waals surface area contributed by atoms with E-state index < -0.39 is 0 Å². The van der Waals surface area contributed by atoms with Gasteiger partial charge in [0.2, 0.25) is 0 Å². The Bertz CT molecular complexity index is 2590. The van der Waals surface area contributed by atoms with Gasteiger partial charge in [-0.25, -0.2) is 15.0 Å². The highest BCUT2D eigenvalue weighted by Gasteiger charge is 2.48. The highest BCUT2D eigenvalue weighted by Crippen LogP contribution is 2.63. The van der Waals surface area contributed by atoms with Crippen LogP contribution in [0.3, 0.4) is 0 Å². The van der Waals surface area contributed by atoms with Gasteiger partial charge < -0.3 is 4.42 Å². The Balaban J connectivity index is 1.25. The smallest absolute Gasteiger partial charge is 0.164 e. The van der Waals surface area contributed by atoms with Crippen LogP contribution < -0.4 is 0 Å². The summed E-state index contributed by atoms with van der Waals surface area (Å²) in [5.41, 5.74) is 14.7. The third-order valence-corrected chi connectivity index (χ3v) is 10.9. The Labute approximate surface area is 285 Å². The second-order valence-electron chi connectivity index (χ2n) is 14.4. The largest absolute Gasteiger partial charge is 0.455 e. The third-order valence-electron chi connectivity index (χ3n) is 10.9. The fourth-order valence-electron chi connectivity index (χ4n) is 8.61. The van der Waals surface area contributed by atoms with Gasteiger partial charge in [-0.15, -0.1) is 0 Å². The van der Waals surface area contributed by atoms with E-state index in [0.717, 1.165) is 27.9 Å². The average Bonchev–Trinajstić information content (AvgIpc) is 3.72. The predicted molar refractivity (Wildman–Crippen MR) is 199 cm³/mol. The molecular weight excluding hydrogens is 599 g/mol. The van der Waals surface area contributed by atoms with Gasteiger partial charge in [0.1, 0.15) is 11.2 Å². The molecule has 0 amide bonds. The van der Waals surface area contributed by atoms with E-state index in [2.05, 4.69) is 119 Å². The summed E-state index contributed by atoms with van der Waals surface area (Å²) >= 11 is 0. The van der Waals surface area contributed by atoms with Crippen LogP contribution in [0, 0.1) is 0 Å². The highest BCUT2D eigenvalue weighted by molar-refractivity contribution is 6.20. The Morgan fingerprint density at radius 3 is 1.69 bits per heavy atom. The zero-order chi connectivity index (χ0) is 33.1. The van der Waals surface area contributed by atoms with Gasteiger partial charge >= 0.3 is 0 Å². The number of nitrogens with zero attached hydrogens (tertiary/aromatic N) is 3. The minimum Gasteiger partial charge on any atom is -0.455 e. The number of benzene rings is 6. The van der Waals surface area contributed by atoms with Gasteiger partial charge in [0, 0.05) is 43.9 Å². The molecule has 2 heterocycles. The van der Waals surface area contributed by atoms with Crippen molar-refractivity contribution in [3.63, 3.8) is 0 Å². The summed E-state index contributed by atoms with van der Waals surface area (Å²) in [5.74, 6) is 1.98. The molecule has 0 atom stereocenters. The molecule has 0 unspecified atom stereocenters. The molecule has 4 heteroatoms. The molecule has 0 radical (unpaired) electrons. The summed E-state index contributed by atoms with van der Waals surface area (Å²) < 4.78 is 6.87. The van der Waals surface area contributed by atoms with Crippen LogP contribution in [0.15, 0.2) is 132 Å². The van der Waals surface area contributed by atoms with Gasteiger partial charge in [-0.1, -0.05) is 143 Å². The molecule has 0 saturated carbocycles. The summed E-state index contributed by atoms with van der Waals surface area (Å²) in [7, 11) is 0. The lowest BCUT2D eigenvalue weighted by molar-refractivity contribution is 0.600. The first kappa shape index (κ1) is 28.2. The zero-order valence-electron chi connectivity index (χ0n) is 27.9. The van der Waals surface area contributed by atoms with E-state index in [1.807, 2.05) is 36.4 Å². The molecule has 8 aromatic rings. The van der Waals surface area contributed by atoms with Crippen molar-refractivity contribution in [1.29, 1.82) is 0 Å². The molecule has 0 spiro atoms. The first-order chi connectivity index (χ1) is 23.8. The molecule has 0 aliphatic heterocycles. The molecule has 10 rings (SSSR count). The van der Waals surface area contributed by atoms with Gasteiger partial charge in [0.25, 0.3) is 0 Å². The molecule has 0 N–H and O–H groups in total. The Kier molecular flexibility index (Phi) is 5.65. The van der Waals surface area contributed by atoms with Crippen LogP contribution in [0.25, 0.3) is 78.4 Å². The van der Waals surface area contributed by atoms with E-state index in [9.17, 15) is 0 Å². The molecule has 2 aliphatic rings. The number of furan rings is 1. The van der Waals surface area contributed by atoms with Crippen LogP contribution >= 0.6 is 0 Å².